The lowest BCUT2D eigenvalue weighted by molar-refractivity contribution is 0.561. The number of hydrogen-bond acceptors (Lipinski definition) is 2. The van der Waals surface area contributed by atoms with Gasteiger partial charge in [0.25, 0.3) is 0 Å². The highest BCUT2D eigenvalue weighted by molar-refractivity contribution is 7.71. The molecule has 1 rings (SSSR count). The Morgan fingerprint density at radius 2 is 2.07 bits per heavy atom. The van der Waals surface area contributed by atoms with E-state index >= 15 is 0 Å². The van der Waals surface area contributed by atoms with Crippen molar-refractivity contribution in [1.29, 1.82) is 0 Å². The number of alkyl halides is 1. The Hall–Kier alpha value is -0.410. The van der Waals surface area contributed by atoms with E-state index in [2.05, 4.69) is 30.7 Å². The Morgan fingerprint density at radius 3 is 2.50 bits per heavy atom. The first-order valence-corrected chi connectivity index (χ1v) is 5.41. The van der Waals surface area contributed by atoms with Gasteiger partial charge in [0.2, 0.25) is 0 Å². The topological polar surface area (TPSA) is 28.7 Å². The predicted molar refractivity (Wildman–Crippen MR) is 62.4 cm³/mol. The average molecular weight is 231 g/mol. The highest BCUT2D eigenvalue weighted by Gasteiger charge is 2.16. The molecule has 1 aromatic rings. The van der Waals surface area contributed by atoms with Gasteiger partial charge in [0.1, 0.15) is 10.5 Å². The van der Waals surface area contributed by atoms with Crippen LogP contribution in [0.15, 0.2) is 6.07 Å². The third-order valence-corrected chi connectivity index (χ3v) is 2.36. The third kappa shape index (κ3) is 2.79. The van der Waals surface area contributed by atoms with Crippen molar-refractivity contribution in [3.63, 3.8) is 0 Å². The predicted octanol–water partition coefficient (Wildman–Crippen LogP) is 3.74. The molecule has 0 bridgehead atoms. The van der Waals surface area contributed by atoms with Crippen LogP contribution in [0.1, 0.15) is 44.6 Å². The van der Waals surface area contributed by atoms with Gasteiger partial charge in [-0.3, -0.25) is 0 Å². The normalized spacial score (nSPS) is 14.1. The highest BCUT2D eigenvalue weighted by atomic mass is 35.5. The summed E-state index contributed by atoms with van der Waals surface area (Å²) in [7, 11) is 0. The Morgan fingerprint density at radius 1 is 1.50 bits per heavy atom. The Balaban J connectivity index is 3.28. The van der Waals surface area contributed by atoms with Crippen LogP contribution in [-0.2, 0) is 5.41 Å². The fourth-order valence-corrected chi connectivity index (χ4v) is 1.39. The second-order valence-electron chi connectivity index (χ2n) is 4.38. The van der Waals surface area contributed by atoms with Crippen LogP contribution >= 0.6 is 23.8 Å². The third-order valence-electron chi connectivity index (χ3n) is 1.95. The molecule has 0 aliphatic heterocycles. The van der Waals surface area contributed by atoms with Gasteiger partial charge in [-0.2, -0.15) is 0 Å². The highest BCUT2D eigenvalue weighted by Crippen LogP contribution is 2.22. The van der Waals surface area contributed by atoms with E-state index in [-0.39, 0.29) is 10.8 Å². The quantitative estimate of drug-likeness (QED) is 0.588. The molecule has 0 aliphatic rings. The SMILES string of the molecule is CC(Cl)c1nc(=S)cc(C(C)(C)C)[nH]1. The zero-order valence-electron chi connectivity index (χ0n) is 8.89. The molecule has 0 saturated carbocycles. The van der Waals surface area contributed by atoms with Crippen LogP contribution in [0.4, 0.5) is 0 Å². The van der Waals surface area contributed by atoms with Crippen molar-refractivity contribution in [2.75, 3.05) is 0 Å². The summed E-state index contributed by atoms with van der Waals surface area (Å²) in [5, 5.41) is -0.140. The molecule has 0 saturated heterocycles. The summed E-state index contributed by atoms with van der Waals surface area (Å²) in [6.07, 6.45) is 0. The number of nitrogens with one attached hydrogen (secondary N) is 1. The number of aromatic amines is 1. The minimum atomic E-state index is -0.140. The van der Waals surface area contributed by atoms with Gasteiger partial charge in [-0.1, -0.05) is 33.0 Å². The van der Waals surface area contributed by atoms with Crippen LogP contribution < -0.4 is 0 Å². The van der Waals surface area contributed by atoms with Crippen LogP contribution in [-0.4, -0.2) is 9.97 Å². The molecule has 0 fully saturated rings. The van der Waals surface area contributed by atoms with E-state index in [1.165, 1.54) is 0 Å². The Bertz CT molecular complexity index is 376. The average Bonchev–Trinajstić information content (AvgIpc) is 2.01. The van der Waals surface area contributed by atoms with Gasteiger partial charge in [-0.15, -0.1) is 11.6 Å². The monoisotopic (exact) mass is 230 g/mol. The summed E-state index contributed by atoms with van der Waals surface area (Å²) in [5.41, 5.74) is 1.11. The molecule has 0 aliphatic carbocycles. The molecule has 14 heavy (non-hydrogen) atoms. The minimum Gasteiger partial charge on any atom is -0.345 e. The fraction of sp³-hybridized carbons (Fsp3) is 0.600. The second-order valence-corrected chi connectivity index (χ2v) is 5.46. The molecule has 0 aromatic carbocycles. The summed E-state index contributed by atoms with van der Waals surface area (Å²) >= 11 is 11.0. The molecule has 78 valence electrons. The molecule has 1 atom stereocenters. The maximum Gasteiger partial charge on any atom is 0.130 e. The number of nitrogens with zero attached hydrogens (tertiary/aromatic N) is 1. The zero-order valence-corrected chi connectivity index (χ0v) is 10.5. The van der Waals surface area contributed by atoms with Gasteiger partial charge in [0.05, 0.1) is 5.38 Å². The zero-order chi connectivity index (χ0) is 10.9. The van der Waals surface area contributed by atoms with E-state index in [1.807, 2.05) is 13.0 Å². The molecule has 0 radical (unpaired) electrons. The Kier molecular flexibility index (Phi) is 3.32. The largest absolute Gasteiger partial charge is 0.345 e. The summed E-state index contributed by atoms with van der Waals surface area (Å²) < 4.78 is 0.594. The molecular weight excluding hydrogens is 216 g/mol. The Labute approximate surface area is 94.7 Å². The lowest BCUT2D eigenvalue weighted by Crippen LogP contribution is -2.15. The lowest BCUT2D eigenvalue weighted by atomic mass is 9.92. The first kappa shape index (κ1) is 11.7. The molecule has 2 nitrogen and oxygen atoms in total. The standard InChI is InChI=1S/C10H15ClN2S/c1-6(11)9-12-7(10(2,3)4)5-8(14)13-9/h5-6H,1-4H3,(H,12,13,14). The maximum absolute atomic E-state index is 5.96. The van der Waals surface area contributed by atoms with E-state index in [1.54, 1.807) is 0 Å². The van der Waals surface area contributed by atoms with E-state index < -0.39 is 0 Å². The molecule has 1 heterocycles. The number of rotatable bonds is 1. The van der Waals surface area contributed by atoms with Crippen molar-refractivity contribution < 1.29 is 0 Å². The summed E-state index contributed by atoms with van der Waals surface area (Å²) in [5.74, 6) is 0.740. The van der Waals surface area contributed by atoms with Gasteiger partial charge in [-0.25, -0.2) is 4.98 Å². The number of H-pyrrole nitrogens is 1. The van der Waals surface area contributed by atoms with Crippen LogP contribution in [0.5, 0.6) is 0 Å². The van der Waals surface area contributed by atoms with Crippen LogP contribution in [0.25, 0.3) is 0 Å². The van der Waals surface area contributed by atoms with E-state index in [9.17, 15) is 0 Å². The van der Waals surface area contributed by atoms with Gasteiger partial charge < -0.3 is 4.98 Å². The van der Waals surface area contributed by atoms with E-state index in [0.717, 1.165) is 11.5 Å². The van der Waals surface area contributed by atoms with Crippen LogP contribution in [0.2, 0.25) is 0 Å². The van der Waals surface area contributed by atoms with Gasteiger partial charge >= 0.3 is 0 Å². The molecule has 0 amide bonds. The first-order valence-electron chi connectivity index (χ1n) is 4.56. The van der Waals surface area contributed by atoms with Crippen molar-refractivity contribution in [3.8, 4) is 0 Å². The molecular formula is C10H15ClN2S. The molecule has 1 N–H and O–H groups in total. The van der Waals surface area contributed by atoms with Crippen LogP contribution in [0, 0.1) is 4.64 Å². The summed E-state index contributed by atoms with van der Waals surface area (Å²) in [6.45, 7) is 8.24. The van der Waals surface area contributed by atoms with Crippen molar-refractivity contribution in [2.45, 2.75) is 38.5 Å². The second kappa shape index (κ2) is 3.99. The van der Waals surface area contributed by atoms with E-state index in [4.69, 9.17) is 23.8 Å². The van der Waals surface area contributed by atoms with Gasteiger partial charge in [0.15, 0.2) is 0 Å². The molecule has 1 aromatic heterocycles. The number of aromatic nitrogens is 2. The molecule has 0 spiro atoms. The molecule has 1 unspecified atom stereocenters. The minimum absolute atomic E-state index is 0.0387. The number of hydrogen-bond donors (Lipinski definition) is 1. The van der Waals surface area contributed by atoms with Crippen molar-refractivity contribution in [1.82, 2.24) is 9.97 Å². The smallest absolute Gasteiger partial charge is 0.130 e. The van der Waals surface area contributed by atoms with Gasteiger partial charge in [0, 0.05) is 11.1 Å². The number of halogens is 1. The van der Waals surface area contributed by atoms with Crippen molar-refractivity contribution >= 4 is 23.8 Å². The lowest BCUT2D eigenvalue weighted by Gasteiger charge is -2.19. The van der Waals surface area contributed by atoms with Crippen LogP contribution in [0.3, 0.4) is 0 Å². The van der Waals surface area contributed by atoms with E-state index in [0.29, 0.717) is 4.64 Å². The molecule has 4 heteroatoms. The summed E-state index contributed by atoms with van der Waals surface area (Å²) in [4.78, 5) is 7.39. The maximum atomic E-state index is 5.96. The summed E-state index contributed by atoms with van der Waals surface area (Å²) in [6, 6.07) is 1.89. The van der Waals surface area contributed by atoms with Gasteiger partial charge in [-0.05, 0) is 13.0 Å². The van der Waals surface area contributed by atoms with Crippen molar-refractivity contribution in [3.05, 3.63) is 22.2 Å². The van der Waals surface area contributed by atoms with Crippen molar-refractivity contribution in [2.24, 2.45) is 0 Å². The fourth-order valence-electron chi connectivity index (χ4n) is 1.07. The first-order chi connectivity index (χ1) is 6.30.